The topological polar surface area (TPSA) is 66.9 Å². The molecule has 0 atom stereocenters. The van der Waals surface area contributed by atoms with Crippen LogP contribution in [0.5, 0.6) is 0 Å². The summed E-state index contributed by atoms with van der Waals surface area (Å²) in [4.78, 5) is 20.1. The Labute approximate surface area is 155 Å². The molecule has 0 bridgehead atoms. The van der Waals surface area contributed by atoms with Crippen LogP contribution in [-0.2, 0) is 6.42 Å². The molecule has 1 amide bonds. The Morgan fingerprint density at radius 1 is 1.00 bits per heavy atom. The molecule has 0 aliphatic carbocycles. The lowest BCUT2D eigenvalue weighted by Crippen LogP contribution is -2.25. The van der Waals surface area contributed by atoms with Gasteiger partial charge in [-0.2, -0.15) is 0 Å². The predicted molar refractivity (Wildman–Crippen MR) is 98.8 cm³/mol. The minimum absolute atomic E-state index is 0.0730. The summed E-state index contributed by atoms with van der Waals surface area (Å²) >= 11 is 0. The minimum atomic E-state index is -0.739. The van der Waals surface area contributed by atoms with Gasteiger partial charge in [0, 0.05) is 12.6 Å². The fourth-order valence-corrected chi connectivity index (χ4v) is 2.47. The summed E-state index contributed by atoms with van der Waals surface area (Å²) in [5.41, 5.74) is 1.46. The van der Waals surface area contributed by atoms with E-state index in [1.165, 1.54) is 24.0 Å². The van der Waals surface area contributed by atoms with Gasteiger partial charge in [-0.05, 0) is 30.5 Å². The molecule has 0 saturated carbocycles. The van der Waals surface area contributed by atoms with Crippen LogP contribution in [0.4, 0.5) is 20.3 Å². The fraction of sp³-hybridized carbons (Fsp3) is 0.150. The maximum absolute atomic E-state index is 13.6. The lowest BCUT2D eigenvalue weighted by Gasteiger charge is -2.08. The van der Waals surface area contributed by atoms with Crippen molar-refractivity contribution in [1.29, 1.82) is 0 Å². The number of amides is 1. The number of aromatic nitrogens is 2. The van der Waals surface area contributed by atoms with Gasteiger partial charge in [-0.3, -0.25) is 4.79 Å². The first-order chi connectivity index (χ1) is 13.1. The van der Waals surface area contributed by atoms with Crippen molar-refractivity contribution in [1.82, 2.24) is 15.3 Å². The Kier molecular flexibility index (Phi) is 6.04. The van der Waals surface area contributed by atoms with Crippen LogP contribution in [0.1, 0.15) is 22.5 Å². The molecule has 27 heavy (non-hydrogen) atoms. The van der Waals surface area contributed by atoms with Gasteiger partial charge < -0.3 is 10.6 Å². The normalized spacial score (nSPS) is 10.4. The van der Waals surface area contributed by atoms with Crippen molar-refractivity contribution in [3.05, 3.63) is 83.8 Å². The van der Waals surface area contributed by atoms with Crippen LogP contribution in [0.25, 0.3) is 0 Å². The quantitative estimate of drug-likeness (QED) is 0.622. The molecule has 2 aromatic carbocycles. The van der Waals surface area contributed by atoms with Crippen LogP contribution in [0.3, 0.4) is 0 Å². The van der Waals surface area contributed by atoms with E-state index in [1.807, 2.05) is 30.3 Å². The van der Waals surface area contributed by atoms with Gasteiger partial charge >= 0.3 is 0 Å². The zero-order chi connectivity index (χ0) is 19.1. The molecular formula is C20H18F2N4O. The third-order valence-electron chi connectivity index (χ3n) is 3.85. The summed E-state index contributed by atoms with van der Waals surface area (Å²) in [6, 6.07) is 13.2. The van der Waals surface area contributed by atoms with Crippen molar-refractivity contribution in [2.45, 2.75) is 12.8 Å². The zero-order valence-electron chi connectivity index (χ0n) is 14.5. The number of anilines is 2. The number of benzene rings is 2. The molecule has 1 aromatic heterocycles. The van der Waals surface area contributed by atoms with Gasteiger partial charge in [0.1, 0.15) is 23.1 Å². The number of hydrogen-bond donors (Lipinski definition) is 2. The molecule has 3 rings (SSSR count). The number of aryl methyl sites for hydroxylation is 1. The first-order valence-corrected chi connectivity index (χ1v) is 8.48. The van der Waals surface area contributed by atoms with Gasteiger partial charge in [-0.25, -0.2) is 18.7 Å². The summed E-state index contributed by atoms with van der Waals surface area (Å²) in [7, 11) is 0. The van der Waals surface area contributed by atoms with Gasteiger partial charge in [0.15, 0.2) is 0 Å². The maximum Gasteiger partial charge on any atom is 0.271 e. The van der Waals surface area contributed by atoms with E-state index in [0.29, 0.717) is 6.54 Å². The van der Waals surface area contributed by atoms with E-state index in [0.717, 1.165) is 25.0 Å². The number of nitrogens with zero attached hydrogens (tertiary/aromatic N) is 2. The van der Waals surface area contributed by atoms with E-state index in [-0.39, 0.29) is 23.1 Å². The second-order valence-corrected chi connectivity index (χ2v) is 5.88. The Morgan fingerprint density at radius 2 is 1.81 bits per heavy atom. The summed E-state index contributed by atoms with van der Waals surface area (Å²) in [5, 5.41) is 5.48. The lowest BCUT2D eigenvalue weighted by atomic mass is 10.1. The van der Waals surface area contributed by atoms with E-state index in [2.05, 4.69) is 20.6 Å². The second-order valence-electron chi connectivity index (χ2n) is 5.88. The molecule has 138 valence electrons. The largest absolute Gasteiger partial charge is 0.351 e. The molecule has 0 aliphatic heterocycles. The number of nitrogens with one attached hydrogen (secondary N) is 2. The Bertz CT molecular complexity index is 902. The van der Waals surface area contributed by atoms with Crippen LogP contribution >= 0.6 is 0 Å². The predicted octanol–water partition coefficient (Wildman–Crippen LogP) is 3.86. The fourth-order valence-electron chi connectivity index (χ4n) is 2.47. The lowest BCUT2D eigenvalue weighted by molar-refractivity contribution is 0.0948. The van der Waals surface area contributed by atoms with Gasteiger partial charge in [0.05, 0.1) is 18.1 Å². The molecule has 0 aliphatic rings. The SMILES string of the molecule is O=C(NCCCc1ccccc1)c1cnc(Nc2ccc(F)cc2F)cn1. The molecular weight excluding hydrogens is 350 g/mol. The third kappa shape index (κ3) is 5.31. The van der Waals surface area contributed by atoms with E-state index >= 15 is 0 Å². The Balaban J connectivity index is 1.49. The minimum Gasteiger partial charge on any atom is -0.351 e. The van der Waals surface area contributed by atoms with Crippen molar-refractivity contribution >= 4 is 17.4 Å². The molecule has 0 spiro atoms. The van der Waals surface area contributed by atoms with Crippen molar-refractivity contribution in [2.75, 3.05) is 11.9 Å². The van der Waals surface area contributed by atoms with Crippen molar-refractivity contribution in [3.63, 3.8) is 0 Å². The summed E-state index contributed by atoms with van der Waals surface area (Å²) < 4.78 is 26.5. The first kappa shape index (κ1) is 18.4. The van der Waals surface area contributed by atoms with Crippen LogP contribution in [-0.4, -0.2) is 22.4 Å². The van der Waals surface area contributed by atoms with E-state index < -0.39 is 11.6 Å². The number of rotatable bonds is 7. The highest BCUT2D eigenvalue weighted by Crippen LogP contribution is 2.18. The molecule has 0 fully saturated rings. The highest BCUT2D eigenvalue weighted by atomic mass is 19.1. The highest BCUT2D eigenvalue weighted by Gasteiger charge is 2.09. The molecule has 0 saturated heterocycles. The summed E-state index contributed by atoms with van der Waals surface area (Å²) in [6.45, 7) is 0.524. The molecule has 1 heterocycles. The number of halogens is 2. The van der Waals surface area contributed by atoms with Crippen LogP contribution < -0.4 is 10.6 Å². The monoisotopic (exact) mass is 368 g/mol. The van der Waals surface area contributed by atoms with Gasteiger partial charge in [-0.1, -0.05) is 30.3 Å². The third-order valence-corrected chi connectivity index (χ3v) is 3.85. The number of carbonyl (C=O) groups excluding carboxylic acids is 1. The van der Waals surface area contributed by atoms with E-state index in [1.54, 1.807) is 0 Å². The average molecular weight is 368 g/mol. The Morgan fingerprint density at radius 3 is 2.52 bits per heavy atom. The van der Waals surface area contributed by atoms with Crippen molar-refractivity contribution in [3.8, 4) is 0 Å². The van der Waals surface area contributed by atoms with Crippen molar-refractivity contribution < 1.29 is 13.6 Å². The maximum atomic E-state index is 13.6. The molecule has 2 N–H and O–H groups in total. The Hall–Kier alpha value is -3.35. The van der Waals surface area contributed by atoms with Gasteiger partial charge in [0.25, 0.3) is 5.91 Å². The summed E-state index contributed by atoms with van der Waals surface area (Å²) in [6.07, 6.45) is 4.31. The number of hydrogen-bond acceptors (Lipinski definition) is 4. The molecule has 3 aromatic rings. The standard InChI is InChI=1S/C20H18F2N4O/c21-15-8-9-17(16(22)11-15)26-19-13-24-18(12-25-19)20(27)23-10-4-7-14-5-2-1-3-6-14/h1-3,5-6,8-9,11-13H,4,7,10H2,(H,23,27)(H,25,26). The van der Waals surface area contributed by atoms with E-state index in [4.69, 9.17) is 0 Å². The van der Waals surface area contributed by atoms with E-state index in [9.17, 15) is 13.6 Å². The molecule has 0 unspecified atom stereocenters. The first-order valence-electron chi connectivity index (χ1n) is 8.48. The highest BCUT2D eigenvalue weighted by molar-refractivity contribution is 5.92. The van der Waals surface area contributed by atoms with Crippen LogP contribution in [0, 0.1) is 11.6 Å². The van der Waals surface area contributed by atoms with Gasteiger partial charge in [-0.15, -0.1) is 0 Å². The second kappa shape index (κ2) is 8.84. The molecule has 0 radical (unpaired) electrons. The smallest absolute Gasteiger partial charge is 0.271 e. The van der Waals surface area contributed by atoms with Crippen LogP contribution in [0.2, 0.25) is 0 Å². The number of carbonyl (C=O) groups is 1. The van der Waals surface area contributed by atoms with Gasteiger partial charge in [0.2, 0.25) is 0 Å². The summed E-state index contributed by atoms with van der Waals surface area (Å²) in [5.74, 6) is -1.48. The molecule has 5 nitrogen and oxygen atoms in total. The van der Waals surface area contributed by atoms with Crippen molar-refractivity contribution in [2.24, 2.45) is 0 Å². The van der Waals surface area contributed by atoms with Crippen LogP contribution in [0.15, 0.2) is 60.9 Å². The zero-order valence-corrected chi connectivity index (χ0v) is 14.5. The average Bonchev–Trinajstić information content (AvgIpc) is 2.69. The molecule has 7 heteroatoms.